The van der Waals surface area contributed by atoms with Gasteiger partial charge in [0, 0.05) is 19.6 Å². The molecule has 0 aromatic rings. The Morgan fingerprint density at radius 2 is 2.18 bits per heavy atom. The minimum atomic E-state index is -0.0769. The lowest BCUT2D eigenvalue weighted by Crippen LogP contribution is -2.14. The molecule has 0 amide bonds. The van der Waals surface area contributed by atoms with Gasteiger partial charge in [-0.2, -0.15) is 0 Å². The summed E-state index contributed by atoms with van der Waals surface area (Å²) >= 11 is 0. The van der Waals surface area contributed by atoms with Gasteiger partial charge in [0.1, 0.15) is 0 Å². The summed E-state index contributed by atoms with van der Waals surface area (Å²) in [6.45, 7) is 6.90. The van der Waals surface area contributed by atoms with Gasteiger partial charge in [-0.15, -0.1) is 0 Å². The van der Waals surface area contributed by atoms with Gasteiger partial charge in [-0.3, -0.25) is 4.79 Å². The van der Waals surface area contributed by atoms with Crippen LogP contribution in [0.2, 0.25) is 0 Å². The Hall–Kier alpha value is -0.570. The molecular formula is C8H15NO2. The van der Waals surface area contributed by atoms with E-state index in [0.717, 1.165) is 19.6 Å². The lowest BCUT2D eigenvalue weighted by atomic mass is 10.4. The summed E-state index contributed by atoms with van der Waals surface area (Å²) in [5, 5.41) is 0. The van der Waals surface area contributed by atoms with Gasteiger partial charge < -0.3 is 9.64 Å². The average Bonchev–Trinajstić information content (AvgIpc) is 2.63. The second-order valence-electron chi connectivity index (χ2n) is 3.13. The highest BCUT2D eigenvalue weighted by atomic mass is 16.5. The predicted molar refractivity (Wildman–Crippen MR) is 42.3 cm³/mol. The monoisotopic (exact) mass is 157 g/mol. The van der Waals surface area contributed by atoms with Crippen molar-refractivity contribution in [3.63, 3.8) is 0 Å². The van der Waals surface area contributed by atoms with Crippen molar-refractivity contribution < 1.29 is 9.53 Å². The molecule has 0 N–H and O–H groups in total. The first-order chi connectivity index (χ1) is 5.18. The first kappa shape index (κ1) is 8.53. The van der Waals surface area contributed by atoms with Crippen molar-refractivity contribution in [2.45, 2.75) is 26.4 Å². The normalized spacial score (nSPS) is 17.0. The predicted octanol–water partition coefficient (Wildman–Crippen LogP) is 0.644. The molecular weight excluding hydrogens is 142 g/mol. The molecule has 0 atom stereocenters. The third-order valence-electron chi connectivity index (χ3n) is 1.54. The van der Waals surface area contributed by atoms with Crippen LogP contribution in [0.4, 0.5) is 0 Å². The van der Waals surface area contributed by atoms with E-state index in [2.05, 4.69) is 4.90 Å². The molecule has 11 heavy (non-hydrogen) atoms. The fraction of sp³-hybridized carbons (Fsp3) is 0.875. The molecule has 0 radical (unpaired) electrons. The van der Waals surface area contributed by atoms with Crippen molar-refractivity contribution in [3.05, 3.63) is 0 Å². The Labute approximate surface area is 67.3 Å². The largest absolute Gasteiger partial charge is 0.463 e. The van der Waals surface area contributed by atoms with Crippen LogP contribution in [0.1, 0.15) is 20.3 Å². The zero-order valence-electron chi connectivity index (χ0n) is 7.17. The number of nitrogens with zero attached hydrogens (tertiary/aromatic N) is 1. The summed E-state index contributed by atoms with van der Waals surface area (Å²) in [5.41, 5.74) is 0. The lowest BCUT2D eigenvalue weighted by molar-refractivity contribution is -0.147. The molecule has 1 saturated heterocycles. The van der Waals surface area contributed by atoms with Gasteiger partial charge in [-0.25, -0.2) is 0 Å². The van der Waals surface area contributed by atoms with Crippen LogP contribution in [-0.2, 0) is 9.53 Å². The van der Waals surface area contributed by atoms with Crippen molar-refractivity contribution in [1.29, 1.82) is 0 Å². The van der Waals surface area contributed by atoms with Gasteiger partial charge >= 0.3 is 5.97 Å². The third-order valence-corrected chi connectivity index (χ3v) is 1.54. The Morgan fingerprint density at radius 1 is 1.55 bits per heavy atom. The molecule has 3 nitrogen and oxygen atoms in total. The quantitative estimate of drug-likeness (QED) is 0.443. The zero-order chi connectivity index (χ0) is 8.27. The summed E-state index contributed by atoms with van der Waals surface area (Å²) < 4.78 is 4.96. The molecule has 0 unspecified atom stereocenters. The van der Waals surface area contributed by atoms with E-state index < -0.39 is 0 Å². The molecule has 3 heteroatoms. The molecule has 1 fully saturated rings. The topological polar surface area (TPSA) is 29.3 Å². The van der Waals surface area contributed by atoms with Crippen molar-refractivity contribution in [2.24, 2.45) is 0 Å². The van der Waals surface area contributed by atoms with E-state index in [1.54, 1.807) is 0 Å². The van der Waals surface area contributed by atoms with Crippen LogP contribution in [0.25, 0.3) is 0 Å². The lowest BCUT2D eigenvalue weighted by Gasteiger charge is -2.07. The second-order valence-corrected chi connectivity index (χ2v) is 3.13. The second kappa shape index (κ2) is 3.72. The van der Waals surface area contributed by atoms with E-state index in [1.165, 1.54) is 0 Å². The van der Waals surface area contributed by atoms with Gasteiger partial charge in [0.25, 0.3) is 0 Å². The molecule has 64 valence electrons. The Balaban J connectivity index is 2.00. The standard InChI is InChI=1S/C8H15NO2/c1-7(2)11-8(10)3-4-9-5-6-9/h7H,3-6H2,1-2H3. The van der Waals surface area contributed by atoms with Crippen LogP contribution in [0.3, 0.4) is 0 Å². The number of carbonyl (C=O) groups excluding carboxylic acids is 1. The Bertz CT molecular complexity index is 141. The highest BCUT2D eigenvalue weighted by Gasteiger charge is 2.18. The van der Waals surface area contributed by atoms with Crippen LogP contribution >= 0.6 is 0 Å². The van der Waals surface area contributed by atoms with Crippen molar-refractivity contribution in [2.75, 3.05) is 19.6 Å². The summed E-state index contributed by atoms with van der Waals surface area (Å²) in [7, 11) is 0. The third kappa shape index (κ3) is 3.98. The molecule has 1 rings (SSSR count). The number of ether oxygens (including phenoxy) is 1. The SMILES string of the molecule is CC(C)OC(=O)CCN1CC1. The van der Waals surface area contributed by atoms with E-state index in [0.29, 0.717) is 6.42 Å². The fourth-order valence-corrected chi connectivity index (χ4v) is 0.866. The van der Waals surface area contributed by atoms with Crippen molar-refractivity contribution in [1.82, 2.24) is 4.90 Å². The zero-order valence-corrected chi connectivity index (χ0v) is 7.17. The van der Waals surface area contributed by atoms with Gasteiger partial charge in [-0.05, 0) is 13.8 Å². The number of rotatable bonds is 4. The van der Waals surface area contributed by atoms with E-state index in [1.807, 2.05) is 13.8 Å². The molecule has 0 aromatic heterocycles. The Morgan fingerprint density at radius 3 is 2.64 bits per heavy atom. The van der Waals surface area contributed by atoms with Crippen LogP contribution in [0.5, 0.6) is 0 Å². The van der Waals surface area contributed by atoms with Crippen LogP contribution in [0, 0.1) is 0 Å². The van der Waals surface area contributed by atoms with E-state index in [9.17, 15) is 4.79 Å². The summed E-state index contributed by atoms with van der Waals surface area (Å²) in [6.07, 6.45) is 0.565. The highest BCUT2D eigenvalue weighted by molar-refractivity contribution is 5.69. The van der Waals surface area contributed by atoms with E-state index in [-0.39, 0.29) is 12.1 Å². The van der Waals surface area contributed by atoms with Crippen molar-refractivity contribution >= 4 is 5.97 Å². The van der Waals surface area contributed by atoms with Crippen molar-refractivity contribution in [3.8, 4) is 0 Å². The molecule has 1 aliphatic heterocycles. The maximum Gasteiger partial charge on any atom is 0.307 e. The number of hydrogen-bond acceptors (Lipinski definition) is 3. The van der Waals surface area contributed by atoms with Gasteiger partial charge in [0.15, 0.2) is 0 Å². The molecule has 0 saturated carbocycles. The smallest absolute Gasteiger partial charge is 0.307 e. The van der Waals surface area contributed by atoms with Crippen LogP contribution in [0.15, 0.2) is 0 Å². The first-order valence-corrected chi connectivity index (χ1v) is 4.10. The summed E-state index contributed by atoms with van der Waals surface area (Å²) in [4.78, 5) is 13.1. The molecule has 0 aliphatic carbocycles. The maximum absolute atomic E-state index is 10.9. The summed E-state index contributed by atoms with van der Waals surface area (Å²) in [5.74, 6) is -0.0769. The molecule has 0 aromatic carbocycles. The van der Waals surface area contributed by atoms with Crippen LogP contribution in [-0.4, -0.2) is 36.6 Å². The molecule has 1 aliphatic rings. The number of carbonyl (C=O) groups is 1. The average molecular weight is 157 g/mol. The van der Waals surface area contributed by atoms with E-state index in [4.69, 9.17) is 4.74 Å². The maximum atomic E-state index is 10.9. The van der Waals surface area contributed by atoms with E-state index >= 15 is 0 Å². The van der Waals surface area contributed by atoms with Crippen LogP contribution < -0.4 is 0 Å². The van der Waals surface area contributed by atoms with Gasteiger partial charge in [0.05, 0.1) is 12.5 Å². The van der Waals surface area contributed by atoms with Gasteiger partial charge in [0.2, 0.25) is 0 Å². The first-order valence-electron chi connectivity index (χ1n) is 4.10. The minimum absolute atomic E-state index is 0.0247. The highest BCUT2D eigenvalue weighted by Crippen LogP contribution is 2.04. The fourth-order valence-electron chi connectivity index (χ4n) is 0.866. The molecule has 0 bridgehead atoms. The van der Waals surface area contributed by atoms with Gasteiger partial charge in [-0.1, -0.05) is 0 Å². The minimum Gasteiger partial charge on any atom is -0.463 e. The number of hydrogen-bond donors (Lipinski definition) is 0. The number of esters is 1. The summed E-state index contributed by atoms with van der Waals surface area (Å²) in [6, 6.07) is 0. The molecule has 1 heterocycles. The molecule has 0 spiro atoms. The Kier molecular flexibility index (Phi) is 2.88.